The molecule has 0 bridgehead atoms. The van der Waals surface area contributed by atoms with Crippen LogP contribution in [0, 0.1) is 0 Å². The lowest BCUT2D eigenvalue weighted by Crippen LogP contribution is -2.36. The molecule has 1 heterocycles. The maximum atomic E-state index is 11.0. The number of hydrogen-bond donors (Lipinski definition) is 1. The van der Waals surface area contributed by atoms with Crippen molar-refractivity contribution in [1.29, 1.82) is 0 Å². The molecule has 0 spiro atoms. The van der Waals surface area contributed by atoms with E-state index in [4.69, 9.17) is 5.11 Å². The van der Waals surface area contributed by atoms with Gasteiger partial charge in [0.2, 0.25) is 0 Å². The molecule has 0 saturated heterocycles. The number of aromatic nitrogens is 2. The molecule has 1 atom stereocenters. The smallest absolute Gasteiger partial charge is 0.326 e. The second kappa shape index (κ2) is 6.14. The molecule has 2 aromatic rings. The molecular formula is C15H17N3O2. The van der Waals surface area contributed by atoms with Crippen LogP contribution in [0.5, 0.6) is 0 Å². The summed E-state index contributed by atoms with van der Waals surface area (Å²) in [6, 6.07) is 11.0. The number of aliphatic carboxylic acids is 1. The minimum Gasteiger partial charge on any atom is -0.480 e. The van der Waals surface area contributed by atoms with Crippen LogP contribution in [0.4, 0.5) is 5.82 Å². The zero-order valence-electron chi connectivity index (χ0n) is 11.5. The average molecular weight is 271 g/mol. The molecule has 104 valence electrons. The van der Waals surface area contributed by atoms with Crippen molar-refractivity contribution in [2.75, 3.05) is 11.9 Å². The molecule has 1 N–H and O–H groups in total. The van der Waals surface area contributed by atoms with Gasteiger partial charge in [-0.3, -0.25) is 0 Å². The van der Waals surface area contributed by atoms with Gasteiger partial charge in [-0.25, -0.2) is 14.8 Å². The number of hydrogen-bond acceptors (Lipinski definition) is 4. The van der Waals surface area contributed by atoms with E-state index in [9.17, 15) is 4.79 Å². The third-order valence-corrected chi connectivity index (χ3v) is 3.20. The second-order valence-electron chi connectivity index (χ2n) is 4.62. The standard InChI is InChI=1S/C15H17N3O2/c1-11(15(19)20)18(2)14-8-9-16-13(17-14)10-12-6-4-3-5-7-12/h3-9,11H,10H2,1-2H3,(H,19,20). The zero-order chi connectivity index (χ0) is 14.5. The Morgan fingerprint density at radius 2 is 2.00 bits per heavy atom. The number of carboxylic acids is 1. The van der Waals surface area contributed by atoms with Gasteiger partial charge in [0.25, 0.3) is 0 Å². The summed E-state index contributed by atoms with van der Waals surface area (Å²) in [7, 11) is 1.72. The lowest BCUT2D eigenvalue weighted by Gasteiger charge is -2.22. The van der Waals surface area contributed by atoms with E-state index < -0.39 is 12.0 Å². The van der Waals surface area contributed by atoms with Gasteiger partial charge < -0.3 is 10.0 Å². The van der Waals surface area contributed by atoms with Gasteiger partial charge in [-0.15, -0.1) is 0 Å². The van der Waals surface area contributed by atoms with Gasteiger partial charge in [-0.1, -0.05) is 30.3 Å². The van der Waals surface area contributed by atoms with E-state index in [-0.39, 0.29) is 0 Å². The van der Waals surface area contributed by atoms with Gasteiger partial charge in [0.15, 0.2) is 0 Å². The molecule has 1 unspecified atom stereocenters. The van der Waals surface area contributed by atoms with Gasteiger partial charge in [-0.2, -0.15) is 0 Å². The number of rotatable bonds is 5. The summed E-state index contributed by atoms with van der Waals surface area (Å²) in [6.45, 7) is 1.63. The van der Waals surface area contributed by atoms with Crippen molar-refractivity contribution in [2.24, 2.45) is 0 Å². The number of carboxylic acid groups (broad SMARTS) is 1. The summed E-state index contributed by atoms with van der Waals surface area (Å²) in [5, 5.41) is 9.03. The number of carbonyl (C=O) groups is 1. The summed E-state index contributed by atoms with van der Waals surface area (Å²) in [5.41, 5.74) is 1.12. The third kappa shape index (κ3) is 3.32. The number of benzene rings is 1. The highest BCUT2D eigenvalue weighted by molar-refractivity contribution is 5.76. The first-order valence-electron chi connectivity index (χ1n) is 6.39. The van der Waals surface area contributed by atoms with Crippen LogP contribution in [0.3, 0.4) is 0 Å². The number of anilines is 1. The Bertz CT molecular complexity index is 587. The largest absolute Gasteiger partial charge is 0.480 e. The van der Waals surface area contributed by atoms with Gasteiger partial charge in [0.1, 0.15) is 17.7 Å². The Kier molecular flexibility index (Phi) is 4.30. The molecule has 20 heavy (non-hydrogen) atoms. The van der Waals surface area contributed by atoms with Crippen molar-refractivity contribution in [3.8, 4) is 0 Å². The second-order valence-corrected chi connectivity index (χ2v) is 4.62. The molecule has 5 nitrogen and oxygen atoms in total. The maximum Gasteiger partial charge on any atom is 0.326 e. The molecule has 1 aromatic heterocycles. The topological polar surface area (TPSA) is 66.3 Å². The van der Waals surface area contributed by atoms with E-state index in [1.165, 1.54) is 0 Å². The molecule has 0 fully saturated rings. The van der Waals surface area contributed by atoms with Crippen LogP contribution in [0.25, 0.3) is 0 Å². The summed E-state index contributed by atoms with van der Waals surface area (Å²) in [6.07, 6.45) is 2.29. The fourth-order valence-electron chi connectivity index (χ4n) is 1.81. The molecule has 0 radical (unpaired) electrons. The summed E-state index contributed by atoms with van der Waals surface area (Å²) in [4.78, 5) is 21.3. The molecule has 0 aliphatic heterocycles. The first-order chi connectivity index (χ1) is 9.58. The predicted molar refractivity (Wildman–Crippen MR) is 76.8 cm³/mol. The maximum absolute atomic E-state index is 11.0. The summed E-state index contributed by atoms with van der Waals surface area (Å²) in [5.74, 6) is 0.412. The Labute approximate surface area is 117 Å². The fraction of sp³-hybridized carbons (Fsp3) is 0.267. The molecule has 1 aromatic carbocycles. The van der Waals surface area contributed by atoms with Crippen LogP contribution >= 0.6 is 0 Å². The highest BCUT2D eigenvalue weighted by Gasteiger charge is 2.18. The van der Waals surface area contributed by atoms with Crippen LogP contribution in [0.1, 0.15) is 18.3 Å². The lowest BCUT2D eigenvalue weighted by molar-refractivity contribution is -0.138. The highest BCUT2D eigenvalue weighted by Crippen LogP contribution is 2.13. The Morgan fingerprint density at radius 1 is 1.30 bits per heavy atom. The number of likely N-dealkylation sites (N-methyl/N-ethyl adjacent to an activating group) is 1. The Hall–Kier alpha value is -2.43. The van der Waals surface area contributed by atoms with Crippen molar-refractivity contribution < 1.29 is 9.90 Å². The zero-order valence-corrected chi connectivity index (χ0v) is 11.5. The first kappa shape index (κ1) is 14.0. The van der Waals surface area contributed by atoms with E-state index in [0.29, 0.717) is 18.1 Å². The number of nitrogens with zero attached hydrogens (tertiary/aromatic N) is 3. The van der Waals surface area contributed by atoms with Gasteiger partial charge in [0.05, 0.1) is 0 Å². The van der Waals surface area contributed by atoms with Crippen LogP contribution in [0.2, 0.25) is 0 Å². The fourth-order valence-corrected chi connectivity index (χ4v) is 1.81. The molecule has 5 heteroatoms. The van der Waals surface area contributed by atoms with Gasteiger partial charge >= 0.3 is 5.97 Å². The van der Waals surface area contributed by atoms with Crippen molar-refractivity contribution in [1.82, 2.24) is 9.97 Å². The Balaban J connectivity index is 2.18. The van der Waals surface area contributed by atoms with E-state index in [2.05, 4.69) is 9.97 Å². The average Bonchev–Trinajstić information content (AvgIpc) is 2.47. The first-order valence-corrected chi connectivity index (χ1v) is 6.39. The van der Waals surface area contributed by atoms with Crippen LogP contribution in [-0.4, -0.2) is 34.1 Å². The highest BCUT2D eigenvalue weighted by atomic mass is 16.4. The van der Waals surface area contributed by atoms with Gasteiger partial charge in [-0.05, 0) is 18.6 Å². The monoisotopic (exact) mass is 271 g/mol. The van der Waals surface area contributed by atoms with Crippen molar-refractivity contribution in [3.05, 3.63) is 54.0 Å². The van der Waals surface area contributed by atoms with Crippen LogP contribution in [0.15, 0.2) is 42.6 Å². The summed E-state index contributed by atoms with van der Waals surface area (Å²) >= 11 is 0. The van der Waals surface area contributed by atoms with E-state index in [1.807, 2.05) is 30.3 Å². The minimum absolute atomic E-state index is 0.612. The van der Waals surface area contributed by atoms with Crippen LogP contribution in [-0.2, 0) is 11.2 Å². The summed E-state index contributed by atoms with van der Waals surface area (Å²) < 4.78 is 0. The quantitative estimate of drug-likeness (QED) is 0.900. The third-order valence-electron chi connectivity index (χ3n) is 3.20. The van der Waals surface area contributed by atoms with E-state index in [0.717, 1.165) is 5.56 Å². The molecular weight excluding hydrogens is 254 g/mol. The van der Waals surface area contributed by atoms with Crippen molar-refractivity contribution in [2.45, 2.75) is 19.4 Å². The lowest BCUT2D eigenvalue weighted by atomic mass is 10.1. The minimum atomic E-state index is -0.879. The van der Waals surface area contributed by atoms with Crippen molar-refractivity contribution in [3.63, 3.8) is 0 Å². The van der Waals surface area contributed by atoms with Crippen molar-refractivity contribution >= 4 is 11.8 Å². The van der Waals surface area contributed by atoms with E-state index >= 15 is 0 Å². The molecule has 0 aliphatic carbocycles. The molecule has 2 rings (SSSR count). The van der Waals surface area contributed by atoms with E-state index in [1.54, 1.807) is 31.1 Å². The van der Waals surface area contributed by atoms with Crippen LogP contribution < -0.4 is 4.90 Å². The molecule has 0 aliphatic rings. The van der Waals surface area contributed by atoms with Gasteiger partial charge in [0, 0.05) is 19.7 Å². The SMILES string of the molecule is CC(C(=O)O)N(C)c1ccnc(Cc2ccccc2)n1. The predicted octanol–water partition coefficient (Wildman–Crippen LogP) is 1.98. The molecule has 0 saturated carbocycles. The Morgan fingerprint density at radius 3 is 2.65 bits per heavy atom. The normalized spacial score (nSPS) is 11.9. The molecule has 0 amide bonds.